The molecule has 2 aromatic heterocycles. The molecule has 2 aliphatic rings. The van der Waals surface area contributed by atoms with Crippen LogP contribution in [0.2, 0.25) is 0 Å². The molecule has 0 saturated carbocycles. The minimum Gasteiger partial charge on any atom is -0.443 e. The van der Waals surface area contributed by atoms with Gasteiger partial charge in [0.25, 0.3) is 11.8 Å². The van der Waals surface area contributed by atoms with Gasteiger partial charge in [0.2, 0.25) is 23.6 Å². The van der Waals surface area contributed by atoms with Crippen LogP contribution in [0.15, 0.2) is 40.1 Å². The predicted molar refractivity (Wildman–Crippen MR) is 183 cm³/mol. The molecule has 4 heterocycles. The summed E-state index contributed by atoms with van der Waals surface area (Å²) in [5.74, 6) is -0.876. The van der Waals surface area contributed by atoms with Crippen molar-refractivity contribution in [1.29, 1.82) is 0 Å². The maximum atomic E-state index is 13.7. The van der Waals surface area contributed by atoms with Crippen LogP contribution in [0.4, 0.5) is 0 Å². The zero-order chi connectivity index (χ0) is 35.1. The van der Waals surface area contributed by atoms with Crippen LogP contribution in [0, 0.1) is 18.8 Å². The van der Waals surface area contributed by atoms with Crippen molar-refractivity contribution in [1.82, 2.24) is 35.7 Å². The van der Waals surface area contributed by atoms with Gasteiger partial charge in [0.1, 0.15) is 22.5 Å². The molecule has 5 rings (SSSR count). The Labute approximate surface area is 290 Å². The number of benzene rings is 1. The Kier molecular flexibility index (Phi) is 11.8. The number of fused-ring (bicyclic) bond motifs is 4. The number of nitrogens with one attached hydrogen (secondary N) is 3. The first-order chi connectivity index (χ1) is 23.5. The summed E-state index contributed by atoms with van der Waals surface area (Å²) in [6.07, 6.45) is 2.05. The first-order valence-electron chi connectivity index (χ1n) is 16.9. The van der Waals surface area contributed by atoms with E-state index < -0.39 is 18.0 Å². The van der Waals surface area contributed by atoms with Crippen LogP contribution < -0.4 is 16.0 Å². The van der Waals surface area contributed by atoms with Crippen LogP contribution in [0.3, 0.4) is 0 Å². The molecule has 1 aromatic carbocycles. The van der Waals surface area contributed by atoms with Gasteiger partial charge in [-0.15, -0.1) is 11.3 Å². The Bertz CT molecular complexity index is 1650. The van der Waals surface area contributed by atoms with E-state index in [-0.39, 0.29) is 72.3 Å². The van der Waals surface area contributed by atoms with E-state index in [0.717, 1.165) is 5.56 Å². The smallest absolute Gasteiger partial charge is 0.274 e. The number of amides is 5. The molecule has 4 bridgehead atoms. The van der Waals surface area contributed by atoms with Gasteiger partial charge >= 0.3 is 0 Å². The summed E-state index contributed by atoms with van der Waals surface area (Å²) in [7, 11) is 0. The second-order valence-corrected chi connectivity index (χ2v) is 13.9. The fourth-order valence-electron chi connectivity index (χ4n) is 6.21. The van der Waals surface area contributed by atoms with E-state index >= 15 is 0 Å². The molecule has 2 atom stereocenters. The Morgan fingerprint density at radius 2 is 1.71 bits per heavy atom. The van der Waals surface area contributed by atoms with Crippen molar-refractivity contribution < 1.29 is 28.4 Å². The molecule has 49 heavy (non-hydrogen) atoms. The first kappa shape index (κ1) is 35.7. The Hall–Kier alpha value is -4.59. The van der Waals surface area contributed by atoms with E-state index in [2.05, 4.69) is 25.9 Å². The monoisotopic (exact) mass is 691 g/mol. The number of thiazole rings is 1. The normalized spacial score (nSPS) is 20.4. The third-order valence-corrected chi connectivity index (χ3v) is 9.95. The zero-order valence-electron chi connectivity index (χ0n) is 28.5. The van der Waals surface area contributed by atoms with Gasteiger partial charge in [-0.3, -0.25) is 24.0 Å². The molecule has 2 aliphatic heterocycles. The van der Waals surface area contributed by atoms with E-state index in [1.54, 1.807) is 22.1 Å². The lowest BCUT2D eigenvalue weighted by Crippen LogP contribution is -2.46. The van der Waals surface area contributed by atoms with Crippen LogP contribution in [-0.2, 0) is 20.8 Å². The minimum absolute atomic E-state index is 0.00328. The van der Waals surface area contributed by atoms with E-state index in [0.29, 0.717) is 56.1 Å². The molecule has 0 spiro atoms. The van der Waals surface area contributed by atoms with Gasteiger partial charge in [0, 0.05) is 63.8 Å². The maximum Gasteiger partial charge on any atom is 0.274 e. The van der Waals surface area contributed by atoms with E-state index in [1.165, 1.54) is 18.3 Å². The molecule has 1 saturated heterocycles. The van der Waals surface area contributed by atoms with Crippen LogP contribution in [0.25, 0.3) is 0 Å². The number of rotatable bonds is 4. The van der Waals surface area contributed by atoms with Gasteiger partial charge in [0.05, 0.1) is 6.04 Å². The summed E-state index contributed by atoms with van der Waals surface area (Å²) >= 11 is 1.28. The molecule has 0 aliphatic carbocycles. The summed E-state index contributed by atoms with van der Waals surface area (Å²) < 4.78 is 6.01. The number of likely N-dealkylation sites (tertiary alicyclic amines) is 1. The summed E-state index contributed by atoms with van der Waals surface area (Å²) in [4.78, 5) is 78.1. The number of oxazole rings is 1. The number of carbonyl (C=O) groups is 5. The molecule has 1 fully saturated rings. The molecule has 13 nitrogen and oxygen atoms in total. The third kappa shape index (κ3) is 9.11. The molecule has 14 heteroatoms. The number of hydrogen-bond donors (Lipinski definition) is 3. The highest BCUT2D eigenvalue weighted by molar-refractivity contribution is 7.09. The lowest BCUT2D eigenvalue weighted by molar-refractivity contribution is -0.140. The molecular weight excluding hydrogens is 646 g/mol. The topological polar surface area (TPSA) is 167 Å². The summed E-state index contributed by atoms with van der Waals surface area (Å²) in [5.41, 5.74) is 1.29. The largest absolute Gasteiger partial charge is 0.443 e. The van der Waals surface area contributed by atoms with Gasteiger partial charge < -0.3 is 30.2 Å². The van der Waals surface area contributed by atoms with Crippen LogP contribution in [0.5, 0.6) is 0 Å². The van der Waals surface area contributed by atoms with Crippen molar-refractivity contribution in [3.05, 3.63) is 69.3 Å². The fourth-order valence-corrected chi connectivity index (χ4v) is 7.23. The number of piperidine rings is 1. The Morgan fingerprint density at radius 1 is 0.980 bits per heavy atom. The fraction of sp³-hybridized carbons (Fsp3) is 0.514. The quantitative estimate of drug-likeness (QED) is 0.374. The van der Waals surface area contributed by atoms with Gasteiger partial charge in [0.15, 0.2) is 5.69 Å². The maximum absolute atomic E-state index is 13.7. The second kappa shape index (κ2) is 16.2. The number of nitrogens with zero attached hydrogens (tertiary/aromatic N) is 4. The number of carbonyl (C=O) groups excluding carboxylic acids is 5. The molecule has 0 unspecified atom stereocenters. The van der Waals surface area contributed by atoms with Gasteiger partial charge in [-0.05, 0) is 37.7 Å². The molecular formula is C35H45N7O6S. The minimum atomic E-state index is -0.637. The van der Waals surface area contributed by atoms with Crippen molar-refractivity contribution >= 4 is 40.9 Å². The van der Waals surface area contributed by atoms with Gasteiger partial charge in [-0.2, -0.15) is 0 Å². The highest BCUT2D eigenvalue weighted by atomic mass is 32.1. The SMILES string of the molecule is CC(=O)N1CCC(C(=O)N2CCCC(=O)N[C@@H](Cc3ccccc3)c3nc(c(C)o3)C(=O)N[C@@H](C(C)C)c3nc(cs3)C(=O)NCC2)CC1. The van der Waals surface area contributed by atoms with Crippen LogP contribution >= 0.6 is 11.3 Å². The van der Waals surface area contributed by atoms with Crippen molar-refractivity contribution in [3.8, 4) is 0 Å². The Morgan fingerprint density at radius 3 is 2.41 bits per heavy atom. The van der Waals surface area contributed by atoms with E-state index in [4.69, 9.17) is 4.42 Å². The first-order valence-corrected chi connectivity index (χ1v) is 17.8. The molecule has 5 amide bonds. The standard InChI is InChI=1S/C35H45N7O6S/c1-21(2)29-34-38-27(20-49-34)31(45)36-14-18-42(35(47)25-12-16-41(17-13-25)23(4)43)15-8-11-28(44)37-26(19-24-9-6-5-7-10-24)33-40-30(22(3)48-33)32(46)39-29/h5-7,9-10,20-21,25-26,29H,8,11-19H2,1-4H3,(H,36,45)(H,37,44)(H,39,46)/t26-,29-/m0/s1. The summed E-state index contributed by atoms with van der Waals surface area (Å²) in [5, 5.41) is 11.2. The van der Waals surface area contributed by atoms with Crippen molar-refractivity contribution in [2.24, 2.45) is 11.8 Å². The highest BCUT2D eigenvalue weighted by Gasteiger charge is 2.31. The van der Waals surface area contributed by atoms with E-state index in [9.17, 15) is 24.0 Å². The van der Waals surface area contributed by atoms with Crippen LogP contribution in [-0.4, -0.2) is 82.0 Å². The zero-order valence-corrected chi connectivity index (χ0v) is 29.3. The van der Waals surface area contributed by atoms with Gasteiger partial charge in [-0.1, -0.05) is 44.2 Å². The third-order valence-electron chi connectivity index (χ3n) is 9.02. The second-order valence-electron chi connectivity index (χ2n) is 13.0. The van der Waals surface area contributed by atoms with E-state index in [1.807, 2.05) is 44.2 Å². The lowest BCUT2D eigenvalue weighted by Gasteiger charge is -2.34. The van der Waals surface area contributed by atoms with Crippen molar-refractivity contribution in [2.75, 3.05) is 32.7 Å². The van der Waals surface area contributed by atoms with Crippen molar-refractivity contribution in [2.45, 2.75) is 71.9 Å². The average molecular weight is 692 g/mol. The highest BCUT2D eigenvalue weighted by Crippen LogP contribution is 2.27. The summed E-state index contributed by atoms with van der Waals surface area (Å²) in [6.45, 7) is 8.91. The molecule has 3 aromatic rings. The lowest BCUT2D eigenvalue weighted by atomic mass is 9.95. The molecule has 3 N–H and O–H groups in total. The average Bonchev–Trinajstić information content (AvgIpc) is 3.73. The number of hydrogen-bond acceptors (Lipinski definition) is 9. The van der Waals surface area contributed by atoms with Crippen LogP contribution in [0.1, 0.15) is 102 Å². The number of aromatic nitrogens is 2. The Balaban J connectivity index is 1.41. The number of aryl methyl sites for hydroxylation is 1. The molecule has 262 valence electrons. The molecule has 0 radical (unpaired) electrons. The van der Waals surface area contributed by atoms with Crippen molar-refractivity contribution in [3.63, 3.8) is 0 Å². The predicted octanol–water partition coefficient (Wildman–Crippen LogP) is 3.58. The van der Waals surface area contributed by atoms with Gasteiger partial charge in [-0.25, -0.2) is 9.97 Å². The summed E-state index contributed by atoms with van der Waals surface area (Å²) in [6, 6.07) is 8.51.